The molecule has 0 aliphatic carbocycles. The second-order valence-corrected chi connectivity index (χ2v) is 6.72. The fourth-order valence-corrected chi connectivity index (χ4v) is 2.79. The third-order valence-corrected chi connectivity index (χ3v) is 4.11. The number of rotatable bonds is 9. The average molecular weight is 254 g/mol. The van der Waals surface area contributed by atoms with Gasteiger partial charge in [0.2, 0.25) is 0 Å². The van der Waals surface area contributed by atoms with E-state index in [1.165, 1.54) is 64.5 Å². The Kier molecular flexibility index (Phi) is 7.92. The van der Waals surface area contributed by atoms with E-state index in [2.05, 4.69) is 31.4 Å². The highest BCUT2D eigenvalue weighted by molar-refractivity contribution is 4.88. The maximum atomic E-state index is 3.66. The van der Waals surface area contributed by atoms with Crippen LogP contribution in [0.5, 0.6) is 0 Å². The van der Waals surface area contributed by atoms with E-state index in [1.807, 2.05) is 0 Å². The molecule has 1 aliphatic heterocycles. The molecular weight excluding hydrogens is 220 g/mol. The van der Waals surface area contributed by atoms with Crippen LogP contribution in [0.15, 0.2) is 0 Å². The molecule has 1 saturated heterocycles. The van der Waals surface area contributed by atoms with Crippen molar-refractivity contribution in [2.24, 2.45) is 5.92 Å². The number of hydrogen-bond acceptors (Lipinski definition) is 2. The van der Waals surface area contributed by atoms with Crippen molar-refractivity contribution in [1.82, 2.24) is 10.6 Å². The highest BCUT2D eigenvalue weighted by Crippen LogP contribution is 2.17. The maximum absolute atomic E-state index is 3.66. The zero-order chi connectivity index (χ0) is 13.3. The van der Waals surface area contributed by atoms with Crippen molar-refractivity contribution in [2.45, 2.75) is 77.7 Å². The van der Waals surface area contributed by atoms with E-state index in [0.29, 0.717) is 5.54 Å². The van der Waals surface area contributed by atoms with Crippen molar-refractivity contribution in [2.75, 3.05) is 19.6 Å². The Hall–Kier alpha value is -0.0800. The van der Waals surface area contributed by atoms with Gasteiger partial charge in [0.15, 0.2) is 0 Å². The number of nitrogens with one attached hydrogen (secondary N) is 2. The van der Waals surface area contributed by atoms with E-state index < -0.39 is 0 Å². The molecular formula is C16H34N2. The summed E-state index contributed by atoms with van der Waals surface area (Å²) in [6, 6.07) is 0. The van der Waals surface area contributed by atoms with Gasteiger partial charge in [0, 0.05) is 12.1 Å². The Balaban J connectivity index is 1.89. The fourth-order valence-electron chi connectivity index (χ4n) is 2.79. The zero-order valence-electron chi connectivity index (χ0n) is 12.9. The van der Waals surface area contributed by atoms with Crippen LogP contribution in [-0.4, -0.2) is 25.2 Å². The minimum atomic E-state index is 0.357. The van der Waals surface area contributed by atoms with Crippen molar-refractivity contribution in [1.29, 1.82) is 0 Å². The molecule has 1 heterocycles. The Labute approximate surface area is 114 Å². The molecule has 0 bridgehead atoms. The van der Waals surface area contributed by atoms with E-state index in [4.69, 9.17) is 0 Å². The largest absolute Gasteiger partial charge is 0.315 e. The van der Waals surface area contributed by atoms with Crippen LogP contribution in [0.1, 0.15) is 72.1 Å². The second-order valence-electron chi connectivity index (χ2n) is 6.72. The molecule has 1 fully saturated rings. The van der Waals surface area contributed by atoms with Crippen LogP contribution in [0.25, 0.3) is 0 Å². The smallest absolute Gasteiger partial charge is 0.0277 e. The third kappa shape index (κ3) is 7.38. The minimum absolute atomic E-state index is 0.357. The summed E-state index contributed by atoms with van der Waals surface area (Å²) in [5.74, 6) is 0.875. The van der Waals surface area contributed by atoms with Crippen LogP contribution in [0.4, 0.5) is 0 Å². The van der Waals surface area contributed by atoms with Crippen LogP contribution in [-0.2, 0) is 0 Å². The van der Waals surface area contributed by atoms with Crippen LogP contribution < -0.4 is 10.6 Å². The monoisotopic (exact) mass is 254 g/mol. The topological polar surface area (TPSA) is 24.1 Å². The van der Waals surface area contributed by atoms with Crippen molar-refractivity contribution in [3.05, 3.63) is 0 Å². The summed E-state index contributed by atoms with van der Waals surface area (Å²) in [5.41, 5.74) is 0.357. The molecule has 0 radical (unpaired) electrons. The Bertz CT molecular complexity index is 195. The third-order valence-electron chi connectivity index (χ3n) is 4.11. The SMILES string of the molecule is CC(C)CCCCCCNCC1(C)CCCCN1. The number of hydrogen-bond donors (Lipinski definition) is 2. The van der Waals surface area contributed by atoms with Crippen LogP contribution in [0, 0.1) is 5.92 Å². The van der Waals surface area contributed by atoms with Crippen molar-refractivity contribution in [3.63, 3.8) is 0 Å². The number of unbranched alkanes of at least 4 members (excludes halogenated alkanes) is 3. The molecule has 0 amide bonds. The predicted molar refractivity (Wildman–Crippen MR) is 81.1 cm³/mol. The molecule has 1 unspecified atom stereocenters. The van der Waals surface area contributed by atoms with Gasteiger partial charge in [0.05, 0.1) is 0 Å². The van der Waals surface area contributed by atoms with Gasteiger partial charge in [0.25, 0.3) is 0 Å². The fraction of sp³-hybridized carbons (Fsp3) is 1.00. The highest BCUT2D eigenvalue weighted by atomic mass is 15.0. The van der Waals surface area contributed by atoms with Crippen LogP contribution >= 0.6 is 0 Å². The van der Waals surface area contributed by atoms with Crippen LogP contribution in [0.3, 0.4) is 0 Å². The van der Waals surface area contributed by atoms with Gasteiger partial charge in [-0.1, -0.05) is 46.0 Å². The first-order chi connectivity index (χ1) is 8.62. The normalized spacial score (nSPS) is 24.7. The van der Waals surface area contributed by atoms with Crippen LogP contribution in [0.2, 0.25) is 0 Å². The molecule has 1 atom stereocenters. The molecule has 2 N–H and O–H groups in total. The van der Waals surface area contributed by atoms with E-state index in [0.717, 1.165) is 12.5 Å². The molecule has 0 aromatic heterocycles. The minimum Gasteiger partial charge on any atom is -0.315 e. The molecule has 0 aromatic carbocycles. The number of piperidine rings is 1. The molecule has 0 spiro atoms. The van der Waals surface area contributed by atoms with E-state index >= 15 is 0 Å². The summed E-state index contributed by atoms with van der Waals surface area (Å²) in [7, 11) is 0. The molecule has 1 aliphatic rings. The predicted octanol–water partition coefficient (Wildman–Crippen LogP) is 3.71. The first kappa shape index (κ1) is 16.0. The van der Waals surface area contributed by atoms with Gasteiger partial charge >= 0.3 is 0 Å². The summed E-state index contributed by atoms with van der Waals surface area (Å²) in [6.07, 6.45) is 11.0. The summed E-state index contributed by atoms with van der Waals surface area (Å²) in [4.78, 5) is 0. The molecule has 2 nitrogen and oxygen atoms in total. The highest BCUT2D eigenvalue weighted by Gasteiger charge is 2.24. The molecule has 0 aromatic rings. The standard InChI is InChI=1S/C16H34N2/c1-15(2)10-6-4-5-8-12-17-14-16(3)11-7-9-13-18-16/h15,17-18H,4-14H2,1-3H3. The summed E-state index contributed by atoms with van der Waals surface area (Å²) in [5, 5.41) is 7.29. The summed E-state index contributed by atoms with van der Waals surface area (Å²) in [6.45, 7) is 10.5. The Morgan fingerprint density at radius 2 is 1.89 bits per heavy atom. The molecule has 1 rings (SSSR count). The lowest BCUT2D eigenvalue weighted by molar-refractivity contribution is 0.267. The van der Waals surface area contributed by atoms with Gasteiger partial charge in [-0.25, -0.2) is 0 Å². The van der Waals surface area contributed by atoms with Gasteiger partial charge in [-0.3, -0.25) is 0 Å². The molecule has 0 saturated carbocycles. The van der Waals surface area contributed by atoms with E-state index in [-0.39, 0.29) is 0 Å². The lowest BCUT2D eigenvalue weighted by atomic mass is 9.91. The maximum Gasteiger partial charge on any atom is 0.0277 e. The van der Waals surface area contributed by atoms with E-state index in [9.17, 15) is 0 Å². The molecule has 18 heavy (non-hydrogen) atoms. The van der Waals surface area contributed by atoms with Crippen molar-refractivity contribution in [3.8, 4) is 0 Å². The van der Waals surface area contributed by atoms with E-state index in [1.54, 1.807) is 0 Å². The zero-order valence-corrected chi connectivity index (χ0v) is 12.9. The van der Waals surface area contributed by atoms with Gasteiger partial charge in [0.1, 0.15) is 0 Å². The van der Waals surface area contributed by atoms with Gasteiger partial charge < -0.3 is 10.6 Å². The van der Waals surface area contributed by atoms with Gasteiger partial charge in [-0.15, -0.1) is 0 Å². The van der Waals surface area contributed by atoms with Gasteiger partial charge in [-0.2, -0.15) is 0 Å². The Morgan fingerprint density at radius 1 is 1.11 bits per heavy atom. The quantitative estimate of drug-likeness (QED) is 0.613. The summed E-state index contributed by atoms with van der Waals surface area (Å²) < 4.78 is 0. The molecule has 108 valence electrons. The summed E-state index contributed by atoms with van der Waals surface area (Å²) >= 11 is 0. The van der Waals surface area contributed by atoms with Crippen molar-refractivity contribution >= 4 is 0 Å². The Morgan fingerprint density at radius 3 is 2.56 bits per heavy atom. The van der Waals surface area contributed by atoms with Crippen molar-refractivity contribution < 1.29 is 0 Å². The van der Waals surface area contributed by atoms with Gasteiger partial charge in [-0.05, 0) is 45.2 Å². The lowest BCUT2D eigenvalue weighted by Crippen LogP contribution is -2.52. The first-order valence-electron chi connectivity index (χ1n) is 8.08. The lowest BCUT2D eigenvalue weighted by Gasteiger charge is -2.35. The average Bonchev–Trinajstić information content (AvgIpc) is 2.33. The first-order valence-corrected chi connectivity index (χ1v) is 8.08. The molecule has 2 heteroatoms. The second kappa shape index (κ2) is 8.92.